The zero-order valence-corrected chi connectivity index (χ0v) is 23.7. The van der Waals surface area contributed by atoms with E-state index in [-0.39, 0.29) is 11.8 Å². The van der Waals surface area contributed by atoms with E-state index in [1.807, 2.05) is 115 Å². The molecule has 0 saturated heterocycles. The van der Waals surface area contributed by atoms with Crippen LogP contribution in [0.15, 0.2) is 120 Å². The highest BCUT2D eigenvalue weighted by molar-refractivity contribution is 8.00. The molecule has 2 amide bonds. The molecule has 0 fully saturated rings. The Morgan fingerprint density at radius 3 is 2.34 bits per heavy atom. The van der Waals surface area contributed by atoms with E-state index in [0.29, 0.717) is 16.4 Å². The molecule has 6 rings (SSSR count). The predicted octanol–water partition coefficient (Wildman–Crippen LogP) is 8.18. The van der Waals surface area contributed by atoms with Crippen molar-refractivity contribution in [3.05, 3.63) is 126 Å². The number of nitrogens with one attached hydrogen (secondary N) is 2. The van der Waals surface area contributed by atoms with Crippen molar-refractivity contribution in [1.82, 2.24) is 4.98 Å². The van der Waals surface area contributed by atoms with Crippen LogP contribution in [0.25, 0.3) is 21.0 Å². The van der Waals surface area contributed by atoms with Gasteiger partial charge >= 0.3 is 0 Å². The summed E-state index contributed by atoms with van der Waals surface area (Å²) in [7, 11) is 1.62. The predicted molar refractivity (Wildman–Crippen MR) is 168 cm³/mol. The first-order chi connectivity index (χ1) is 20.1. The van der Waals surface area contributed by atoms with Gasteiger partial charge in [-0.15, -0.1) is 11.8 Å². The van der Waals surface area contributed by atoms with Gasteiger partial charge in [0, 0.05) is 16.1 Å². The number of thiazole rings is 1. The lowest BCUT2D eigenvalue weighted by Gasteiger charge is -2.16. The van der Waals surface area contributed by atoms with Crippen molar-refractivity contribution in [3.63, 3.8) is 0 Å². The van der Waals surface area contributed by atoms with Crippen LogP contribution in [0.1, 0.15) is 21.2 Å². The summed E-state index contributed by atoms with van der Waals surface area (Å²) in [5.74, 6) is 0.403. The Kier molecular flexibility index (Phi) is 7.67. The van der Waals surface area contributed by atoms with Crippen LogP contribution in [-0.4, -0.2) is 23.9 Å². The second-order valence-corrected chi connectivity index (χ2v) is 11.5. The molecule has 41 heavy (non-hydrogen) atoms. The molecule has 6 nitrogen and oxygen atoms in total. The molecule has 6 aromatic rings. The summed E-state index contributed by atoms with van der Waals surface area (Å²) < 4.78 is 6.24. The van der Waals surface area contributed by atoms with E-state index in [9.17, 15) is 9.59 Å². The van der Waals surface area contributed by atoms with E-state index < -0.39 is 5.25 Å². The average Bonchev–Trinajstić information content (AvgIpc) is 3.42. The number of amides is 2. The Balaban J connectivity index is 1.17. The number of ether oxygens (including phenoxy) is 1. The topological polar surface area (TPSA) is 80.3 Å². The van der Waals surface area contributed by atoms with Gasteiger partial charge in [-0.1, -0.05) is 72.0 Å². The summed E-state index contributed by atoms with van der Waals surface area (Å²) in [5, 5.41) is 8.11. The van der Waals surface area contributed by atoms with Gasteiger partial charge in [-0.2, -0.15) is 0 Å². The Hall–Kier alpha value is -4.66. The molecule has 8 heteroatoms. The second kappa shape index (κ2) is 11.8. The first-order valence-corrected chi connectivity index (χ1v) is 14.6. The molecule has 0 saturated carbocycles. The first kappa shape index (κ1) is 26.6. The molecule has 5 aromatic carbocycles. The molecule has 0 spiro atoms. The minimum absolute atomic E-state index is 0.166. The van der Waals surface area contributed by atoms with Crippen molar-refractivity contribution in [2.24, 2.45) is 0 Å². The number of anilines is 2. The van der Waals surface area contributed by atoms with Crippen LogP contribution in [0.4, 0.5) is 10.8 Å². The van der Waals surface area contributed by atoms with Crippen molar-refractivity contribution in [2.45, 2.75) is 10.1 Å². The molecular formula is C33H25N3O3S2. The average molecular weight is 576 g/mol. The van der Waals surface area contributed by atoms with Crippen molar-refractivity contribution in [1.29, 1.82) is 0 Å². The SMILES string of the molecule is COc1ccc2nc(NC(=O)C(Sc3ccc(NC(=O)c4ccc5ccccc5c4)cc3)c3ccccc3)sc2c1. The second-order valence-electron chi connectivity index (χ2n) is 9.29. The zero-order chi connectivity index (χ0) is 28.2. The van der Waals surface area contributed by atoms with Crippen LogP contribution in [0.2, 0.25) is 0 Å². The Bertz CT molecular complexity index is 1850. The number of rotatable bonds is 8. The van der Waals surface area contributed by atoms with Crippen molar-refractivity contribution >= 4 is 66.7 Å². The fraction of sp³-hybridized carbons (Fsp3) is 0.0606. The van der Waals surface area contributed by atoms with Crippen molar-refractivity contribution < 1.29 is 14.3 Å². The summed E-state index contributed by atoms with van der Waals surface area (Å²) in [5.41, 5.74) is 2.96. The van der Waals surface area contributed by atoms with Crippen molar-refractivity contribution in [3.8, 4) is 5.75 Å². The fourth-order valence-electron chi connectivity index (χ4n) is 4.44. The third kappa shape index (κ3) is 6.09. The molecule has 1 aromatic heterocycles. The van der Waals surface area contributed by atoms with Gasteiger partial charge < -0.3 is 15.4 Å². The van der Waals surface area contributed by atoms with Crippen LogP contribution in [-0.2, 0) is 4.79 Å². The maximum absolute atomic E-state index is 13.5. The molecule has 1 heterocycles. The monoisotopic (exact) mass is 575 g/mol. The van der Waals surface area contributed by atoms with E-state index in [1.165, 1.54) is 23.1 Å². The Morgan fingerprint density at radius 2 is 1.56 bits per heavy atom. The molecule has 0 radical (unpaired) electrons. The standard InChI is InChI=1S/C33H25N3O3S2/c1-39-26-15-18-28-29(20-26)41-33(35-28)36-32(38)30(22-8-3-2-4-9-22)40-27-16-13-25(14-17-27)34-31(37)24-12-11-21-7-5-6-10-23(21)19-24/h2-20,30H,1H3,(H,34,37)(H,35,36,38). The molecule has 0 aliphatic heterocycles. The van der Waals surface area contributed by atoms with Gasteiger partial charge in [0.05, 0.1) is 17.3 Å². The Labute approximate surface area is 245 Å². The number of nitrogens with zero attached hydrogens (tertiary/aromatic N) is 1. The highest BCUT2D eigenvalue weighted by Gasteiger charge is 2.23. The molecule has 1 unspecified atom stereocenters. The lowest BCUT2D eigenvalue weighted by molar-refractivity contribution is -0.115. The summed E-state index contributed by atoms with van der Waals surface area (Å²) in [6.45, 7) is 0. The van der Waals surface area contributed by atoms with Gasteiger partial charge in [0.1, 0.15) is 11.0 Å². The largest absolute Gasteiger partial charge is 0.497 e. The van der Waals surface area contributed by atoms with Crippen LogP contribution in [0, 0.1) is 0 Å². The number of hydrogen-bond acceptors (Lipinski definition) is 6. The number of carbonyl (C=O) groups is 2. The molecular weight excluding hydrogens is 551 g/mol. The minimum atomic E-state index is -0.504. The summed E-state index contributed by atoms with van der Waals surface area (Å²) in [6, 6.07) is 36.4. The molecule has 1 atom stereocenters. The van der Waals surface area contributed by atoms with Crippen LogP contribution >= 0.6 is 23.1 Å². The van der Waals surface area contributed by atoms with Crippen LogP contribution in [0.3, 0.4) is 0 Å². The zero-order valence-electron chi connectivity index (χ0n) is 22.0. The third-order valence-electron chi connectivity index (χ3n) is 6.54. The number of hydrogen-bond donors (Lipinski definition) is 2. The first-order valence-electron chi connectivity index (χ1n) is 12.9. The van der Waals surface area contributed by atoms with Gasteiger partial charge in [0.2, 0.25) is 5.91 Å². The maximum Gasteiger partial charge on any atom is 0.255 e. The molecule has 2 N–H and O–H groups in total. The normalized spacial score (nSPS) is 11.7. The molecule has 0 bridgehead atoms. The van der Waals surface area contributed by atoms with Gasteiger partial charge in [-0.25, -0.2) is 4.98 Å². The van der Waals surface area contributed by atoms with E-state index in [1.54, 1.807) is 7.11 Å². The smallest absolute Gasteiger partial charge is 0.255 e. The van der Waals surface area contributed by atoms with Crippen LogP contribution in [0.5, 0.6) is 5.75 Å². The van der Waals surface area contributed by atoms with E-state index in [2.05, 4.69) is 15.6 Å². The highest BCUT2D eigenvalue weighted by atomic mass is 32.2. The third-order valence-corrected chi connectivity index (χ3v) is 8.74. The van der Waals surface area contributed by atoms with Crippen LogP contribution < -0.4 is 15.4 Å². The number of thioether (sulfide) groups is 1. The van der Waals surface area contributed by atoms with Gasteiger partial charge in [-0.05, 0) is 70.9 Å². The highest BCUT2D eigenvalue weighted by Crippen LogP contribution is 2.38. The number of carbonyl (C=O) groups excluding carboxylic acids is 2. The molecule has 202 valence electrons. The summed E-state index contributed by atoms with van der Waals surface area (Å²) in [4.78, 5) is 31.9. The van der Waals surface area contributed by atoms with E-state index in [0.717, 1.165) is 37.2 Å². The van der Waals surface area contributed by atoms with E-state index in [4.69, 9.17) is 4.74 Å². The Morgan fingerprint density at radius 1 is 0.805 bits per heavy atom. The lowest BCUT2D eigenvalue weighted by atomic mass is 10.1. The quantitative estimate of drug-likeness (QED) is 0.179. The van der Waals surface area contributed by atoms with Gasteiger partial charge in [0.15, 0.2) is 5.13 Å². The summed E-state index contributed by atoms with van der Waals surface area (Å²) >= 11 is 2.85. The number of aromatic nitrogens is 1. The van der Waals surface area contributed by atoms with Crippen molar-refractivity contribution in [2.75, 3.05) is 17.7 Å². The molecule has 0 aliphatic rings. The van der Waals surface area contributed by atoms with E-state index >= 15 is 0 Å². The molecule has 0 aliphatic carbocycles. The lowest BCUT2D eigenvalue weighted by Crippen LogP contribution is -2.18. The van der Waals surface area contributed by atoms with Gasteiger partial charge in [-0.3, -0.25) is 9.59 Å². The summed E-state index contributed by atoms with van der Waals surface area (Å²) in [6.07, 6.45) is 0. The maximum atomic E-state index is 13.5. The number of fused-ring (bicyclic) bond motifs is 2. The fourth-order valence-corrected chi connectivity index (χ4v) is 6.37. The number of methoxy groups -OCH3 is 1. The number of benzene rings is 5. The minimum Gasteiger partial charge on any atom is -0.497 e. The van der Waals surface area contributed by atoms with Gasteiger partial charge in [0.25, 0.3) is 5.91 Å².